The summed E-state index contributed by atoms with van der Waals surface area (Å²) in [7, 11) is -7.39. The molecule has 20 heavy (non-hydrogen) atoms. The Kier molecular flexibility index (Phi) is 3.93. The molecule has 0 saturated carbocycles. The quantitative estimate of drug-likeness (QED) is 0.731. The molecule has 0 unspecified atom stereocenters. The smallest absolute Gasteiger partial charge is 0.251 e. The minimum Gasteiger partial charge on any atom is -0.379 e. The zero-order valence-corrected chi connectivity index (χ0v) is 13.2. The van der Waals surface area contributed by atoms with Gasteiger partial charge in [-0.3, -0.25) is 0 Å². The fraction of sp³-hybridized carbons (Fsp3) is 0.700. The van der Waals surface area contributed by atoms with Crippen LogP contribution in [0.5, 0.6) is 0 Å². The van der Waals surface area contributed by atoms with E-state index in [-0.39, 0.29) is 29.4 Å². The Labute approximate surface area is 118 Å². The number of hydrogen-bond donors (Lipinski definition) is 0. The lowest BCUT2D eigenvalue weighted by Gasteiger charge is -2.26. The van der Waals surface area contributed by atoms with Gasteiger partial charge in [0.2, 0.25) is 10.0 Å². The van der Waals surface area contributed by atoms with Crippen molar-refractivity contribution in [1.82, 2.24) is 13.5 Å². The van der Waals surface area contributed by atoms with E-state index in [1.807, 2.05) is 0 Å². The maximum atomic E-state index is 12.6. The lowest BCUT2D eigenvalue weighted by molar-refractivity contribution is 0.0730. The van der Waals surface area contributed by atoms with Gasteiger partial charge in [0.15, 0.2) is 0 Å². The summed E-state index contributed by atoms with van der Waals surface area (Å²) in [5, 5.41) is 3.83. The van der Waals surface area contributed by atoms with Crippen molar-refractivity contribution in [3.63, 3.8) is 0 Å². The van der Waals surface area contributed by atoms with Gasteiger partial charge in [0.05, 0.1) is 30.9 Å². The summed E-state index contributed by atoms with van der Waals surface area (Å²) in [6.07, 6.45) is 0.984. The van der Waals surface area contributed by atoms with Crippen LogP contribution in [0.4, 0.5) is 0 Å². The highest BCUT2D eigenvalue weighted by Crippen LogP contribution is 2.24. The van der Waals surface area contributed by atoms with Crippen molar-refractivity contribution in [2.75, 3.05) is 32.6 Å². The molecule has 114 valence electrons. The maximum Gasteiger partial charge on any atom is 0.251 e. The van der Waals surface area contributed by atoms with Crippen LogP contribution in [0.1, 0.15) is 11.4 Å². The highest BCUT2D eigenvalue weighted by atomic mass is 32.2. The van der Waals surface area contributed by atoms with Gasteiger partial charge in [-0.15, -0.1) is 0 Å². The lowest BCUT2D eigenvalue weighted by Crippen LogP contribution is -2.41. The van der Waals surface area contributed by atoms with Crippen LogP contribution in [0.2, 0.25) is 0 Å². The highest BCUT2D eigenvalue weighted by Gasteiger charge is 2.33. The van der Waals surface area contributed by atoms with Gasteiger partial charge in [0.25, 0.3) is 10.0 Å². The molecule has 0 spiro atoms. The molecule has 0 amide bonds. The fourth-order valence-electron chi connectivity index (χ4n) is 2.22. The molecule has 1 aromatic rings. The Morgan fingerprint density at radius 2 is 1.65 bits per heavy atom. The number of sulfonamides is 1. The largest absolute Gasteiger partial charge is 0.379 e. The molecular weight excluding hydrogens is 306 g/mol. The van der Waals surface area contributed by atoms with Crippen molar-refractivity contribution >= 4 is 20.0 Å². The molecule has 1 fully saturated rings. The molecule has 2 heterocycles. The zero-order chi connectivity index (χ0) is 15.1. The monoisotopic (exact) mass is 323 g/mol. The number of rotatable bonds is 3. The normalized spacial score (nSPS) is 18.4. The van der Waals surface area contributed by atoms with E-state index in [0.717, 1.165) is 10.3 Å². The second-order valence-corrected chi connectivity index (χ2v) is 8.31. The highest BCUT2D eigenvalue weighted by molar-refractivity contribution is 7.90. The first-order valence-electron chi connectivity index (χ1n) is 6.00. The van der Waals surface area contributed by atoms with E-state index >= 15 is 0 Å². The Morgan fingerprint density at radius 1 is 1.10 bits per heavy atom. The molecular formula is C10H17N3O5S2. The number of aryl methyl sites for hydroxylation is 1. The molecule has 2 rings (SSSR count). The van der Waals surface area contributed by atoms with Crippen molar-refractivity contribution in [3.8, 4) is 0 Å². The van der Waals surface area contributed by atoms with E-state index in [0.29, 0.717) is 13.2 Å². The predicted molar refractivity (Wildman–Crippen MR) is 71.5 cm³/mol. The van der Waals surface area contributed by atoms with E-state index in [9.17, 15) is 16.8 Å². The van der Waals surface area contributed by atoms with Gasteiger partial charge in [-0.1, -0.05) is 0 Å². The molecule has 1 aliphatic heterocycles. The summed E-state index contributed by atoms with van der Waals surface area (Å²) < 4.78 is 55.6. The zero-order valence-electron chi connectivity index (χ0n) is 11.5. The number of ether oxygens (including phenoxy) is 1. The van der Waals surface area contributed by atoms with E-state index in [2.05, 4.69) is 5.10 Å². The molecule has 0 aliphatic carbocycles. The van der Waals surface area contributed by atoms with Gasteiger partial charge in [-0.25, -0.2) is 16.8 Å². The van der Waals surface area contributed by atoms with Gasteiger partial charge >= 0.3 is 0 Å². The molecule has 10 heteroatoms. The first-order valence-corrected chi connectivity index (χ1v) is 9.29. The Morgan fingerprint density at radius 3 is 2.10 bits per heavy atom. The Hall–Kier alpha value is -0.970. The van der Waals surface area contributed by atoms with Gasteiger partial charge in [-0.2, -0.15) is 13.5 Å². The minimum absolute atomic E-state index is 0.0372. The van der Waals surface area contributed by atoms with E-state index in [4.69, 9.17) is 4.74 Å². The van der Waals surface area contributed by atoms with Gasteiger partial charge in [-0.05, 0) is 13.8 Å². The molecule has 0 atom stereocenters. The molecule has 1 aliphatic rings. The third-order valence-electron chi connectivity index (χ3n) is 3.07. The average Bonchev–Trinajstić information content (AvgIpc) is 2.66. The molecule has 0 bridgehead atoms. The number of hydrogen-bond acceptors (Lipinski definition) is 6. The predicted octanol–water partition coefficient (Wildman–Crippen LogP) is -0.671. The average molecular weight is 323 g/mol. The third-order valence-corrected chi connectivity index (χ3v) is 6.20. The van der Waals surface area contributed by atoms with Crippen LogP contribution in [0, 0.1) is 13.8 Å². The van der Waals surface area contributed by atoms with Gasteiger partial charge < -0.3 is 4.74 Å². The number of morpholine rings is 1. The van der Waals surface area contributed by atoms with Crippen LogP contribution in [0.15, 0.2) is 4.90 Å². The van der Waals surface area contributed by atoms with Crippen LogP contribution < -0.4 is 0 Å². The van der Waals surface area contributed by atoms with E-state index in [1.54, 1.807) is 0 Å². The van der Waals surface area contributed by atoms with Crippen molar-refractivity contribution in [1.29, 1.82) is 0 Å². The Balaban J connectivity index is 2.55. The molecule has 0 radical (unpaired) electrons. The van der Waals surface area contributed by atoms with Crippen LogP contribution in [0.25, 0.3) is 0 Å². The summed E-state index contributed by atoms with van der Waals surface area (Å²) >= 11 is 0. The summed E-state index contributed by atoms with van der Waals surface area (Å²) in [5.41, 5.74) is 0.288. The second-order valence-electron chi connectivity index (χ2n) is 4.62. The van der Waals surface area contributed by atoms with Crippen molar-refractivity contribution < 1.29 is 21.6 Å². The van der Waals surface area contributed by atoms with Crippen molar-refractivity contribution in [2.24, 2.45) is 0 Å². The maximum absolute atomic E-state index is 12.6. The van der Waals surface area contributed by atoms with E-state index < -0.39 is 20.0 Å². The van der Waals surface area contributed by atoms with Crippen LogP contribution in [0.3, 0.4) is 0 Å². The molecule has 8 nitrogen and oxygen atoms in total. The first kappa shape index (κ1) is 15.4. The van der Waals surface area contributed by atoms with Crippen LogP contribution >= 0.6 is 0 Å². The summed E-state index contributed by atoms with van der Waals surface area (Å²) in [5.74, 6) is 0. The molecule has 1 aromatic heterocycles. The summed E-state index contributed by atoms with van der Waals surface area (Å²) in [6, 6.07) is 0. The standard InChI is InChI=1S/C10H17N3O5S2/c1-8-10(9(2)13(11-8)19(3,14)15)20(16,17)12-4-6-18-7-5-12/h4-7H2,1-3H3. The van der Waals surface area contributed by atoms with Crippen molar-refractivity contribution in [3.05, 3.63) is 11.4 Å². The Bertz CT molecular complexity index is 714. The molecule has 0 aromatic carbocycles. The van der Waals surface area contributed by atoms with Crippen LogP contribution in [-0.2, 0) is 24.8 Å². The number of nitrogens with zero attached hydrogens (tertiary/aromatic N) is 3. The second kappa shape index (κ2) is 5.10. The SMILES string of the molecule is Cc1nn(S(C)(=O)=O)c(C)c1S(=O)(=O)N1CCOCC1. The fourth-order valence-corrected chi connectivity index (χ4v) is 4.90. The van der Waals surface area contributed by atoms with E-state index in [1.165, 1.54) is 18.2 Å². The van der Waals surface area contributed by atoms with Gasteiger partial charge in [0, 0.05) is 13.1 Å². The van der Waals surface area contributed by atoms with Crippen LogP contribution in [-0.4, -0.2) is 62.9 Å². The van der Waals surface area contributed by atoms with Crippen molar-refractivity contribution in [2.45, 2.75) is 18.7 Å². The summed E-state index contributed by atoms with van der Waals surface area (Å²) in [4.78, 5) is -0.0372. The third kappa shape index (κ3) is 2.60. The summed E-state index contributed by atoms with van der Waals surface area (Å²) in [6.45, 7) is 4.10. The molecule has 0 N–H and O–H groups in total. The molecule has 1 saturated heterocycles. The first-order chi connectivity index (χ1) is 9.15. The number of aromatic nitrogens is 2. The topological polar surface area (TPSA) is 98.6 Å². The minimum atomic E-state index is -3.76. The van der Waals surface area contributed by atoms with Gasteiger partial charge in [0.1, 0.15) is 4.90 Å². The lowest BCUT2D eigenvalue weighted by atomic mass is 10.4.